The Bertz CT molecular complexity index is 865. The van der Waals surface area contributed by atoms with Gasteiger partial charge >= 0.3 is 0 Å². The molecule has 3 aromatic rings. The molecule has 0 radical (unpaired) electrons. The molecule has 0 fully saturated rings. The Kier molecular flexibility index (Phi) is 3.96. The van der Waals surface area contributed by atoms with E-state index in [1.807, 2.05) is 43.3 Å². The zero-order valence-corrected chi connectivity index (χ0v) is 12.9. The van der Waals surface area contributed by atoms with E-state index in [2.05, 4.69) is 29.4 Å². The van der Waals surface area contributed by atoms with Crippen LogP contribution in [0.5, 0.6) is 0 Å². The highest BCUT2D eigenvalue weighted by molar-refractivity contribution is 5.79. The van der Waals surface area contributed by atoms with Crippen molar-refractivity contribution >= 4 is 16.6 Å². The maximum Gasteiger partial charge on any atom is 0.194 e. The maximum absolute atomic E-state index is 12.7. The molecular formula is C19H20N2O. The van der Waals surface area contributed by atoms with Crippen molar-refractivity contribution < 1.29 is 0 Å². The Hall–Kier alpha value is -2.55. The van der Waals surface area contributed by atoms with Gasteiger partial charge in [-0.2, -0.15) is 0 Å². The minimum Gasteiger partial charge on any atom is -0.381 e. The smallest absolute Gasteiger partial charge is 0.194 e. The lowest BCUT2D eigenvalue weighted by Gasteiger charge is -2.13. The van der Waals surface area contributed by atoms with E-state index < -0.39 is 0 Å². The lowest BCUT2D eigenvalue weighted by Crippen LogP contribution is -2.17. The van der Waals surface area contributed by atoms with Crippen LogP contribution in [0.25, 0.3) is 10.9 Å². The number of hydrogen-bond acceptors (Lipinski definition) is 2. The highest BCUT2D eigenvalue weighted by atomic mass is 16.1. The first-order valence-electron chi connectivity index (χ1n) is 7.63. The molecule has 0 amide bonds. The minimum atomic E-state index is 0.105. The third-order valence-corrected chi connectivity index (χ3v) is 4.07. The number of para-hydroxylation sites is 2. The highest BCUT2D eigenvalue weighted by Gasteiger charge is 2.09. The van der Waals surface area contributed by atoms with Crippen LogP contribution in [0.3, 0.4) is 0 Å². The molecule has 0 atom stereocenters. The second kappa shape index (κ2) is 6.06. The Balaban J connectivity index is 1.96. The average molecular weight is 292 g/mol. The summed E-state index contributed by atoms with van der Waals surface area (Å²) in [6.45, 7) is 4.62. The summed E-state index contributed by atoms with van der Waals surface area (Å²) in [5.41, 5.74) is 5.07. The molecule has 3 rings (SSSR count). The summed E-state index contributed by atoms with van der Waals surface area (Å²) < 4.78 is 0. The van der Waals surface area contributed by atoms with Crippen LogP contribution in [-0.4, -0.2) is 4.98 Å². The zero-order valence-electron chi connectivity index (χ0n) is 12.9. The van der Waals surface area contributed by atoms with Gasteiger partial charge < -0.3 is 10.3 Å². The number of fused-ring (bicyclic) bond motifs is 1. The molecule has 2 N–H and O–H groups in total. The largest absolute Gasteiger partial charge is 0.381 e. The second-order valence-electron chi connectivity index (χ2n) is 5.47. The molecule has 1 heterocycles. The summed E-state index contributed by atoms with van der Waals surface area (Å²) in [7, 11) is 0. The summed E-state index contributed by atoms with van der Waals surface area (Å²) >= 11 is 0. The van der Waals surface area contributed by atoms with E-state index >= 15 is 0 Å². The van der Waals surface area contributed by atoms with E-state index in [-0.39, 0.29) is 5.43 Å². The first kappa shape index (κ1) is 14.4. The molecule has 0 aliphatic rings. The van der Waals surface area contributed by atoms with Crippen molar-refractivity contribution in [1.82, 2.24) is 4.98 Å². The van der Waals surface area contributed by atoms with Gasteiger partial charge in [0.1, 0.15) is 0 Å². The summed E-state index contributed by atoms with van der Waals surface area (Å²) in [6, 6.07) is 15.9. The normalized spacial score (nSPS) is 10.8. The van der Waals surface area contributed by atoms with E-state index in [1.54, 1.807) is 0 Å². The average Bonchev–Trinajstić information content (AvgIpc) is 2.55. The number of rotatable bonds is 4. The molecule has 0 spiro atoms. The number of aromatic nitrogens is 1. The van der Waals surface area contributed by atoms with Gasteiger partial charge in [0.25, 0.3) is 0 Å². The molecule has 3 nitrogen and oxygen atoms in total. The molecule has 2 aromatic carbocycles. The molecule has 0 aliphatic heterocycles. The number of H-pyrrole nitrogens is 1. The first-order valence-corrected chi connectivity index (χ1v) is 7.63. The van der Waals surface area contributed by atoms with Gasteiger partial charge in [0.15, 0.2) is 5.43 Å². The predicted octanol–water partition coefficient (Wildman–Crippen LogP) is 4.01. The fraction of sp³-hybridized carbons (Fsp3) is 0.211. The predicted molar refractivity (Wildman–Crippen MR) is 92.5 cm³/mol. The standard InChI is InChI=1S/C19H20N2O/c1-3-14-8-4-6-10-17(14)20-12-16-13(2)21-18-11-7-5-9-15(18)19(16)22/h4-11,20H,3,12H2,1-2H3,(H,21,22). The van der Waals surface area contributed by atoms with Crippen LogP contribution in [0, 0.1) is 6.92 Å². The SMILES string of the molecule is CCc1ccccc1NCc1c(C)[nH]c2ccccc2c1=O. The van der Waals surface area contributed by atoms with Crippen molar-refractivity contribution in [2.75, 3.05) is 5.32 Å². The van der Waals surface area contributed by atoms with Crippen LogP contribution < -0.4 is 10.7 Å². The number of aryl methyl sites for hydroxylation is 2. The number of pyridine rings is 1. The third kappa shape index (κ3) is 2.62. The minimum absolute atomic E-state index is 0.105. The van der Waals surface area contributed by atoms with Crippen LogP contribution in [0.4, 0.5) is 5.69 Å². The number of aromatic amines is 1. The van der Waals surface area contributed by atoms with Gasteiger partial charge in [0.2, 0.25) is 0 Å². The Morgan fingerprint density at radius 2 is 1.77 bits per heavy atom. The highest BCUT2D eigenvalue weighted by Crippen LogP contribution is 2.17. The fourth-order valence-corrected chi connectivity index (χ4v) is 2.80. The number of benzene rings is 2. The monoisotopic (exact) mass is 292 g/mol. The van der Waals surface area contributed by atoms with Crippen molar-refractivity contribution in [2.45, 2.75) is 26.8 Å². The van der Waals surface area contributed by atoms with Crippen molar-refractivity contribution in [3.63, 3.8) is 0 Å². The zero-order chi connectivity index (χ0) is 15.5. The van der Waals surface area contributed by atoms with Gasteiger partial charge in [-0.15, -0.1) is 0 Å². The van der Waals surface area contributed by atoms with E-state index in [4.69, 9.17) is 0 Å². The first-order chi connectivity index (χ1) is 10.7. The molecule has 0 aliphatic carbocycles. The van der Waals surface area contributed by atoms with Crippen molar-refractivity contribution in [3.8, 4) is 0 Å². The second-order valence-corrected chi connectivity index (χ2v) is 5.47. The summed E-state index contributed by atoms with van der Waals surface area (Å²) in [5.74, 6) is 0. The maximum atomic E-state index is 12.7. The molecule has 0 unspecified atom stereocenters. The molecule has 112 valence electrons. The lowest BCUT2D eigenvalue weighted by molar-refractivity contribution is 1.04. The molecular weight excluding hydrogens is 272 g/mol. The fourth-order valence-electron chi connectivity index (χ4n) is 2.80. The van der Waals surface area contributed by atoms with Crippen LogP contribution in [0.1, 0.15) is 23.7 Å². The van der Waals surface area contributed by atoms with Crippen molar-refractivity contribution in [3.05, 3.63) is 75.6 Å². The summed E-state index contributed by atoms with van der Waals surface area (Å²) in [5, 5.41) is 4.15. The van der Waals surface area contributed by atoms with Crippen LogP contribution in [0.15, 0.2) is 53.3 Å². The van der Waals surface area contributed by atoms with Gasteiger partial charge in [-0.25, -0.2) is 0 Å². The van der Waals surface area contributed by atoms with Crippen LogP contribution in [0.2, 0.25) is 0 Å². The van der Waals surface area contributed by atoms with Gasteiger partial charge in [-0.1, -0.05) is 37.3 Å². The molecule has 1 aromatic heterocycles. The van der Waals surface area contributed by atoms with Gasteiger partial charge in [-0.05, 0) is 37.1 Å². The van der Waals surface area contributed by atoms with Crippen molar-refractivity contribution in [1.29, 1.82) is 0 Å². The third-order valence-electron chi connectivity index (χ3n) is 4.07. The summed E-state index contributed by atoms with van der Waals surface area (Å²) in [6.07, 6.45) is 0.968. The quantitative estimate of drug-likeness (QED) is 0.763. The number of hydrogen-bond donors (Lipinski definition) is 2. The molecule has 0 saturated carbocycles. The Morgan fingerprint density at radius 3 is 2.59 bits per heavy atom. The Labute approximate surface area is 130 Å². The van der Waals surface area contributed by atoms with Gasteiger partial charge in [0.05, 0.1) is 0 Å². The molecule has 3 heteroatoms. The number of nitrogens with one attached hydrogen (secondary N) is 2. The van der Waals surface area contributed by atoms with E-state index in [0.717, 1.165) is 34.3 Å². The Morgan fingerprint density at radius 1 is 1.05 bits per heavy atom. The summed E-state index contributed by atoms with van der Waals surface area (Å²) in [4.78, 5) is 16.0. The van der Waals surface area contributed by atoms with Gasteiger partial charge in [-0.3, -0.25) is 4.79 Å². The molecule has 22 heavy (non-hydrogen) atoms. The topological polar surface area (TPSA) is 44.9 Å². The van der Waals surface area contributed by atoms with E-state index in [1.165, 1.54) is 5.56 Å². The lowest BCUT2D eigenvalue weighted by atomic mass is 10.1. The van der Waals surface area contributed by atoms with E-state index in [9.17, 15) is 4.79 Å². The van der Waals surface area contributed by atoms with Crippen LogP contribution in [-0.2, 0) is 13.0 Å². The molecule has 0 bridgehead atoms. The van der Waals surface area contributed by atoms with Crippen LogP contribution >= 0.6 is 0 Å². The van der Waals surface area contributed by atoms with E-state index in [0.29, 0.717) is 6.54 Å². The molecule has 0 saturated heterocycles. The van der Waals surface area contributed by atoms with Crippen molar-refractivity contribution in [2.24, 2.45) is 0 Å². The van der Waals surface area contributed by atoms with Gasteiger partial charge in [0, 0.05) is 34.4 Å². The number of anilines is 1.